The Morgan fingerprint density at radius 1 is 1.50 bits per heavy atom. The normalized spacial score (nSPS) is 20.4. The highest BCUT2D eigenvalue weighted by Crippen LogP contribution is 2.20. The molecule has 106 valence electrons. The van der Waals surface area contributed by atoms with Crippen molar-refractivity contribution < 1.29 is 9.90 Å². The molecule has 1 fully saturated rings. The summed E-state index contributed by atoms with van der Waals surface area (Å²) in [5.74, 6) is 0.627. The summed E-state index contributed by atoms with van der Waals surface area (Å²) in [7, 11) is 0. The summed E-state index contributed by atoms with van der Waals surface area (Å²) in [6, 6.07) is 0. The van der Waals surface area contributed by atoms with Gasteiger partial charge in [0.2, 0.25) is 5.91 Å². The Morgan fingerprint density at radius 2 is 2.17 bits per heavy atom. The van der Waals surface area contributed by atoms with Crippen molar-refractivity contribution >= 4 is 17.7 Å². The second kappa shape index (κ2) is 8.02. The zero-order valence-corrected chi connectivity index (χ0v) is 12.3. The van der Waals surface area contributed by atoms with Gasteiger partial charge in [0, 0.05) is 17.4 Å². The standard InChI is InChI=1S/C13H26N2O2S/c1-3-13(2,6-9-16)15-12(17)10-18-11-4-7-14-8-5-11/h11,14,16H,3-10H2,1-2H3,(H,15,17). The van der Waals surface area contributed by atoms with Crippen LogP contribution >= 0.6 is 11.8 Å². The van der Waals surface area contributed by atoms with E-state index < -0.39 is 0 Å². The maximum absolute atomic E-state index is 11.9. The first kappa shape index (κ1) is 15.8. The van der Waals surface area contributed by atoms with E-state index in [1.807, 2.05) is 13.8 Å². The second-order valence-electron chi connectivity index (χ2n) is 5.20. The van der Waals surface area contributed by atoms with Crippen LogP contribution in [0.5, 0.6) is 0 Å². The van der Waals surface area contributed by atoms with Crippen molar-refractivity contribution in [2.45, 2.75) is 50.3 Å². The van der Waals surface area contributed by atoms with Crippen LogP contribution in [0.15, 0.2) is 0 Å². The smallest absolute Gasteiger partial charge is 0.230 e. The summed E-state index contributed by atoms with van der Waals surface area (Å²) in [4.78, 5) is 11.9. The zero-order valence-electron chi connectivity index (χ0n) is 11.5. The molecule has 1 amide bonds. The van der Waals surface area contributed by atoms with Gasteiger partial charge in [-0.2, -0.15) is 0 Å². The number of piperidine rings is 1. The number of nitrogens with one attached hydrogen (secondary N) is 2. The van der Waals surface area contributed by atoms with Crippen LogP contribution in [-0.2, 0) is 4.79 Å². The van der Waals surface area contributed by atoms with Gasteiger partial charge in [0.05, 0.1) is 5.75 Å². The number of hydrogen-bond acceptors (Lipinski definition) is 4. The molecule has 0 spiro atoms. The van der Waals surface area contributed by atoms with Crippen molar-refractivity contribution in [3.8, 4) is 0 Å². The first-order valence-corrected chi connectivity index (χ1v) is 7.88. The first-order valence-electron chi connectivity index (χ1n) is 6.84. The van der Waals surface area contributed by atoms with E-state index in [0.717, 1.165) is 32.4 Å². The average molecular weight is 274 g/mol. The minimum Gasteiger partial charge on any atom is -0.396 e. The topological polar surface area (TPSA) is 61.4 Å². The van der Waals surface area contributed by atoms with Gasteiger partial charge in [0.15, 0.2) is 0 Å². The van der Waals surface area contributed by atoms with Crippen molar-refractivity contribution in [1.82, 2.24) is 10.6 Å². The number of rotatable bonds is 7. The number of amides is 1. The molecule has 18 heavy (non-hydrogen) atoms. The summed E-state index contributed by atoms with van der Waals surface area (Å²) in [5.41, 5.74) is -0.263. The van der Waals surface area contributed by atoms with Gasteiger partial charge >= 0.3 is 0 Å². The molecule has 0 radical (unpaired) electrons. The van der Waals surface area contributed by atoms with Crippen molar-refractivity contribution in [1.29, 1.82) is 0 Å². The fraction of sp³-hybridized carbons (Fsp3) is 0.923. The molecule has 0 aromatic heterocycles. The molecule has 1 rings (SSSR count). The molecule has 1 aliphatic rings. The molecule has 0 bridgehead atoms. The van der Waals surface area contributed by atoms with E-state index in [-0.39, 0.29) is 18.1 Å². The molecule has 1 aliphatic heterocycles. The van der Waals surface area contributed by atoms with E-state index in [1.165, 1.54) is 0 Å². The van der Waals surface area contributed by atoms with E-state index >= 15 is 0 Å². The van der Waals surface area contributed by atoms with Crippen molar-refractivity contribution in [3.63, 3.8) is 0 Å². The summed E-state index contributed by atoms with van der Waals surface area (Å²) >= 11 is 1.76. The maximum atomic E-state index is 11.9. The van der Waals surface area contributed by atoms with Crippen molar-refractivity contribution in [2.24, 2.45) is 0 Å². The van der Waals surface area contributed by atoms with Gasteiger partial charge < -0.3 is 15.7 Å². The van der Waals surface area contributed by atoms with E-state index in [0.29, 0.717) is 17.4 Å². The Bertz CT molecular complexity index is 257. The lowest BCUT2D eigenvalue weighted by molar-refractivity contribution is -0.120. The molecule has 1 atom stereocenters. The molecular formula is C13H26N2O2S. The largest absolute Gasteiger partial charge is 0.396 e. The Morgan fingerprint density at radius 3 is 2.72 bits per heavy atom. The van der Waals surface area contributed by atoms with Crippen LogP contribution in [-0.4, -0.2) is 47.3 Å². The van der Waals surface area contributed by atoms with Crippen LogP contribution in [0.1, 0.15) is 39.5 Å². The molecule has 1 saturated heterocycles. The Labute approximate surface area is 114 Å². The van der Waals surface area contributed by atoms with Gasteiger partial charge in [-0.15, -0.1) is 11.8 Å². The summed E-state index contributed by atoms with van der Waals surface area (Å²) in [5, 5.41) is 16.0. The van der Waals surface area contributed by atoms with Gasteiger partial charge in [-0.25, -0.2) is 0 Å². The molecule has 5 heteroatoms. The number of aliphatic hydroxyl groups is 1. The monoisotopic (exact) mass is 274 g/mol. The quantitative estimate of drug-likeness (QED) is 0.651. The number of carbonyl (C=O) groups is 1. The SMILES string of the molecule is CCC(C)(CCO)NC(=O)CSC1CCNCC1. The minimum atomic E-state index is -0.263. The van der Waals surface area contributed by atoms with Gasteiger partial charge in [-0.05, 0) is 45.7 Å². The fourth-order valence-corrected chi connectivity index (χ4v) is 3.13. The maximum Gasteiger partial charge on any atom is 0.230 e. The summed E-state index contributed by atoms with van der Waals surface area (Å²) in [6.07, 6.45) is 3.77. The highest BCUT2D eigenvalue weighted by Gasteiger charge is 2.24. The number of carbonyl (C=O) groups excluding carboxylic acids is 1. The molecule has 1 heterocycles. The predicted octanol–water partition coefficient (Wildman–Crippen LogP) is 1.14. The van der Waals surface area contributed by atoms with Crippen molar-refractivity contribution in [3.05, 3.63) is 0 Å². The van der Waals surface area contributed by atoms with Crippen molar-refractivity contribution in [2.75, 3.05) is 25.4 Å². The third-order valence-corrected chi connectivity index (χ3v) is 4.99. The van der Waals surface area contributed by atoms with E-state index in [9.17, 15) is 4.79 Å². The predicted molar refractivity (Wildman–Crippen MR) is 76.9 cm³/mol. The third-order valence-electron chi connectivity index (χ3n) is 3.62. The molecule has 3 N–H and O–H groups in total. The molecule has 4 nitrogen and oxygen atoms in total. The van der Waals surface area contributed by atoms with Crippen LogP contribution in [0.25, 0.3) is 0 Å². The van der Waals surface area contributed by atoms with Gasteiger partial charge in [-0.1, -0.05) is 6.92 Å². The third kappa shape index (κ3) is 5.59. The van der Waals surface area contributed by atoms with Crippen LogP contribution in [0.2, 0.25) is 0 Å². The van der Waals surface area contributed by atoms with Crippen LogP contribution in [0, 0.1) is 0 Å². The molecule has 0 aliphatic carbocycles. The van der Waals surface area contributed by atoms with E-state index in [2.05, 4.69) is 10.6 Å². The average Bonchev–Trinajstić information content (AvgIpc) is 2.38. The molecular weight excluding hydrogens is 248 g/mol. The summed E-state index contributed by atoms with van der Waals surface area (Å²) in [6.45, 7) is 6.28. The Kier molecular flexibility index (Phi) is 7.04. The minimum absolute atomic E-state index is 0.0938. The molecule has 0 aromatic carbocycles. The Balaban J connectivity index is 2.27. The van der Waals surface area contributed by atoms with Gasteiger partial charge in [-0.3, -0.25) is 4.79 Å². The lowest BCUT2D eigenvalue weighted by atomic mass is 9.95. The molecule has 1 unspecified atom stereocenters. The molecule has 0 aromatic rings. The van der Waals surface area contributed by atoms with Gasteiger partial charge in [0.25, 0.3) is 0 Å². The number of thioether (sulfide) groups is 1. The summed E-state index contributed by atoms with van der Waals surface area (Å²) < 4.78 is 0. The highest BCUT2D eigenvalue weighted by molar-refractivity contribution is 8.00. The molecule has 0 saturated carbocycles. The van der Waals surface area contributed by atoms with Crippen LogP contribution in [0.3, 0.4) is 0 Å². The second-order valence-corrected chi connectivity index (χ2v) is 6.49. The number of hydrogen-bond donors (Lipinski definition) is 3. The highest BCUT2D eigenvalue weighted by atomic mass is 32.2. The lowest BCUT2D eigenvalue weighted by Gasteiger charge is -2.29. The number of aliphatic hydroxyl groups excluding tert-OH is 1. The van der Waals surface area contributed by atoms with Gasteiger partial charge in [0.1, 0.15) is 0 Å². The van der Waals surface area contributed by atoms with Crippen LogP contribution in [0.4, 0.5) is 0 Å². The fourth-order valence-electron chi connectivity index (χ4n) is 2.10. The van der Waals surface area contributed by atoms with E-state index in [4.69, 9.17) is 5.11 Å². The zero-order chi connectivity index (χ0) is 13.4. The van der Waals surface area contributed by atoms with Crippen LogP contribution < -0.4 is 10.6 Å². The Hall–Kier alpha value is -0.260. The lowest BCUT2D eigenvalue weighted by Crippen LogP contribution is -2.47. The first-order chi connectivity index (χ1) is 8.59. The van der Waals surface area contributed by atoms with E-state index in [1.54, 1.807) is 11.8 Å².